The van der Waals surface area contributed by atoms with Gasteiger partial charge in [-0.1, -0.05) is 36.4 Å². The summed E-state index contributed by atoms with van der Waals surface area (Å²) in [6.07, 6.45) is 2.45. The monoisotopic (exact) mass is 436 g/mol. The van der Waals surface area contributed by atoms with Gasteiger partial charge < -0.3 is 11.1 Å². The van der Waals surface area contributed by atoms with Gasteiger partial charge in [0.05, 0.1) is 17.4 Å². The van der Waals surface area contributed by atoms with E-state index in [4.69, 9.17) is 5.11 Å². The van der Waals surface area contributed by atoms with Crippen LogP contribution in [0.3, 0.4) is 0 Å². The molecule has 1 aliphatic carbocycles. The van der Waals surface area contributed by atoms with Gasteiger partial charge in [0.25, 0.3) is 0 Å². The first-order valence-electron chi connectivity index (χ1n) is 9.76. The van der Waals surface area contributed by atoms with Gasteiger partial charge in [-0.15, -0.1) is 0 Å². The number of aryl methyl sites for hydroxylation is 1. The van der Waals surface area contributed by atoms with Crippen molar-refractivity contribution in [3.63, 3.8) is 0 Å². The van der Waals surface area contributed by atoms with Crippen molar-refractivity contribution in [2.24, 2.45) is 0 Å². The first kappa shape index (κ1) is 23.0. The molecule has 8 heteroatoms. The van der Waals surface area contributed by atoms with Crippen LogP contribution in [0.4, 0.5) is 0 Å². The molecular weight excluding hydrogens is 411 g/mol. The van der Waals surface area contributed by atoms with E-state index in [9.17, 15) is 13.2 Å². The first-order chi connectivity index (χ1) is 13.9. The topological polar surface area (TPSA) is 79.6 Å². The van der Waals surface area contributed by atoms with Crippen molar-refractivity contribution in [3.8, 4) is 0 Å². The molecule has 1 heterocycles. The largest absolute Gasteiger partial charge is 1.00 e. The fourth-order valence-electron chi connectivity index (χ4n) is 4.38. The third-order valence-corrected chi connectivity index (χ3v) is 7.64. The number of hydrogen-bond donors (Lipinski definition) is 1. The summed E-state index contributed by atoms with van der Waals surface area (Å²) in [5.41, 5.74) is 3.04. The number of benzene rings is 2. The second-order valence-corrected chi connectivity index (χ2v) is 9.41. The van der Waals surface area contributed by atoms with Crippen molar-refractivity contribution in [1.29, 1.82) is 0 Å². The average molecular weight is 437 g/mol. The minimum Gasteiger partial charge on any atom is -1.00 e. The fourth-order valence-corrected chi connectivity index (χ4v) is 5.76. The van der Waals surface area contributed by atoms with Gasteiger partial charge in [0.15, 0.2) is 0 Å². The van der Waals surface area contributed by atoms with E-state index in [1.807, 2.05) is 24.3 Å². The normalized spacial score (nSPS) is 16.3. The number of hydrogen-bond acceptors (Lipinski definition) is 3. The van der Waals surface area contributed by atoms with Gasteiger partial charge in [0, 0.05) is 30.2 Å². The molecule has 0 spiro atoms. The molecule has 0 fully saturated rings. The maximum atomic E-state index is 13.2. The van der Waals surface area contributed by atoms with Crippen molar-refractivity contribution in [2.75, 3.05) is 7.05 Å². The Morgan fingerprint density at radius 3 is 2.53 bits per heavy atom. The molecule has 2 aromatic carbocycles. The van der Waals surface area contributed by atoms with Crippen molar-refractivity contribution < 1.29 is 49.3 Å². The molecule has 0 aliphatic heterocycles. The first-order valence-corrected chi connectivity index (χ1v) is 11.2. The summed E-state index contributed by atoms with van der Waals surface area (Å²) in [7, 11) is -1.99. The van der Waals surface area contributed by atoms with Crippen LogP contribution in [0.25, 0.3) is 10.9 Å². The Morgan fingerprint density at radius 1 is 1.17 bits per heavy atom. The van der Waals surface area contributed by atoms with Crippen LogP contribution in [0, 0.1) is 0 Å². The van der Waals surface area contributed by atoms with Crippen LogP contribution in [0.2, 0.25) is 0 Å². The Balaban J connectivity index is 0.00000171. The molecule has 0 amide bonds. The smallest absolute Gasteiger partial charge is 1.00 e. The van der Waals surface area contributed by atoms with E-state index < -0.39 is 16.0 Å². The standard InChI is InChI=1S/C22H24N2O4S.Na.H/c1-23(29(27,28)16-8-3-2-4-9-16)19-12-7-13-20-22(19)17-10-5-6-11-18(17)24(20)15-14-21(25)26;;/h2-6,8-11,19H,7,12-15H2,1H3,(H,25,26);;/q;+1;-1. The molecule has 4 rings (SSSR count). The Labute approximate surface area is 200 Å². The quantitative estimate of drug-likeness (QED) is 0.583. The average Bonchev–Trinajstić information content (AvgIpc) is 3.06. The molecule has 3 aromatic rings. The second-order valence-electron chi connectivity index (χ2n) is 7.42. The number of fused-ring (bicyclic) bond motifs is 3. The molecule has 0 bridgehead atoms. The number of carboxylic acids is 1. The molecule has 0 radical (unpaired) electrons. The molecule has 1 aliphatic rings. The second kappa shape index (κ2) is 9.24. The van der Waals surface area contributed by atoms with E-state index in [0.29, 0.717) is 6.54 Å². The zero-order valence-electron chi connectivity index (χ0n) is 18.3. The summed E-state index contributed by atoms with van der Waals surface area (Å²) < 4.78 is 30.0. The van der Waals surface area contributed by atoms with Crippen molar-refractivity contribution in [1.82, 2.24) is 8.87 Å². The molecule has 6 nitrogen and oxygen atoms in total. The fraction of sp³-hybridized carbons (Fsp3) is 0.318. The maximum Gasteiger partial charge on any atom is 1.00 e. The number of sulfonamides is 1. The van der Waals surface area contributed by atoms with Gasteiger partial charge in [0.2, 0.25) is 10.0 Å². The van der Waals surface area contributed by atoms with Gasteiger partial charge in [-0.3, -0.25) is 4.79 Å². The van der Waals surface area contributed by atoms with Crippen molar-refractivity contribution in [2.45, 2.75) is 43.2 Å². The molecule has 154 valence electrons. The summed E-state index contributed by atoms with van der Waals surface area (Å²) >= 11 is 0. The van der Waals surface area contributed by atoms with E-state index in [2.05, 4.69) is 4.57 Å². The van der Waals surface area contributed by atoms with Crippen LogP contribution in [-0.2, 0) is 27.8 Å². The molecule has 1 aromatic heterocycles. The summed E-state index contributed by atoms with van der Waals surface area (Å²) in [6, 6.07) is 16.1. The van der Waals surface area contributed by atoms with Crippen LogP contribution in [-0.4, -0.2) is 35.4 Å². The zero-order chi connectivity index (χ0) is 20.6. The Kier molecular flexibility index (Phi) is 7.09. The van der Waals surface area contributed by atoms with E-state index in [1.165, 1.54) is 4.31 Å². The number of carbonyl (C=O) groups is 1. The van der Waals surface area contributed by atoms with Crippen LogP contribution < -0.4 is 29.6 Å². The molecule has 0 saturated carbocycles. The Morgan fingerprint density at radius 2 is 1.83 bits per heavy atom. The maximum absolute atomic E-state index is 13.2. The zero-order valence-corrected chi connectivity index (χ0v) is 20.1. The third kappa shape index (κ3) is 4.09. The molecule has 1 atom stereocenters. The molecule has 1 N–H and O–H groups in total. The Hall–Kier alpha value is -1.64. The van der Waals surface area contributed by atoms with Gasteiger partial charge in [-0.25, -0.2) is 8.42 Å². The van der Waals surface area contributed by atoms with E-state index in [0.717, 1.165) is 41.4 Å². The minimum absolute atomic E-state index is 0. The third-order valence-electron chi connectivity index (χ3n) is 5.75. The summed E-state index contributed by atoms with van der Waals surface area (Å²) in [4.78, 5) is 11.4. The van der Waals surface area contributed by atoms with Crippen LogP contribution in [0.5, 0.6) is 0 Å². The minimum atomic E-state index is -3.64. The van der Waals surface area contributed by atoms with E-state index >= 15 is 0 Å². The summed E-state index contributed by atoms with van der Waals surface area (Å²) in [5.74, 6) is -0.840. The molecule has 1 unspecified atom stereocenters. The number of aromatic nitrogens is 1. The number of para-hydroxylation sites is 1. The van der Waals surface area contributed by atoms with Gasteiger partial charge in [-0.2, -0.15) is 4.31 Å². The van der Waals surface area contributed by atoms with E-state index in [1.54, 1.807) is 37.4 Å². The number of nitrogens with zero attached hydrogens (tertiary/aromatic N) is 2. The molecule has 0 saturated heterocycles. The van der Waals surface area contributed by atoms with Crippen molar-refractivity contribution >= 4 is 26.9 Å². The van der Waals surface area contributed by atoms with Gasteiger partial charge >= 0.3 is 35.5 Å². The number of carboxylic acid groups (broad SMARTS) is 1. The molecule has 30 heavy (non-hydrogen) atoms. The van der Waals surface area contributed by atoms with Gasteiger partial charge in [-0.05, 0) is 43.0 Å². The number of rotatable bonds is 6. The summed E-state index contributed by atoms with van der Waals surface area (Å²) in [6.45, 7) is 0.382. The van der Waals surface area contributed by atoms with Crippen LogP contribution in [0.1, 0.15) is 38.0 Å². The van der Waals surface area contributed by atoms with Gasteiger partial charge in [0.1, 0.15) is 0 Å². The SMILES string of the molecule is CN(C1CCCc2c1c1ccccc1n2CCC(=O)O)S(=O)(=O)c1ccccc1.[H-].[Na+]. The Bertz CT molecular complexity index is 1160. The predicted molar refractivity (Wildman–Crippen MR) is 112 cm³/mol. The van der Waals surface area contributed by atoms with Crippen LogP contribution in [0.15, 0.2) is 59.5 Å². The van der Waals surface area contributed by atoms with E-state index in [-0.39, 0.29) is 48.3 Å². The summed E-state index contributed by atoms with van der Waals surface area (Å²) in [5, 5.41) is 10.2. The molecular formula is C22H25N2NaO4S. The number of aliphatic carboxylic acids is 1. The van der Waals surface area contributed by atoms with Crippen molar-refractivity contribution in [3.05, 3.63) is 65.9 Å². The van der Waals surface area contributed by atoms with Crippen LogP contribution >= 0.6 is 0 Å². The predicted octanol–water partition coefficient (Wildman–Crippen LogP) is 0.931.